The average Bonchev–Trinajstić information content (AvgIpc) is 2.67. The molecule has 2 heterocycles. The van der Waals surface area contributed by atoms with Crippen LogP contribution in [-0.2, 0) is 13.1 Å². The Labute approximate surface area is 117 Å². The lowest BCUT2D eigenvalue weighted by molar-refractivity contribution is 0.164. The fourth-order valence-corrected chi connectivity index (χ4v) is 2.79. The standard InChI is InChI=1S/C16H28N2O/c1-12(2)17-9-16-14(4)8-15(19-16)11-18-7-5-6-13(3)10-18/h8,12-13,17H,5-7,9-11H2,1-4H3. The zero-order chi connectivity index (χ0) is 13.8. The second-order valence-corrected chi connectivity index (χ2v) is 6.34. The van der Waals surface area contributed by atoms with E-state index in [1.807, 2.05) is 0 Å². The van der Waals surface area contributed by atoms with Crippen molar-refractivity contribution in [2.24, 2.45) is 5.92 Å². The number of aryl methyl sites for hydroxylation is 1. The molecule has 1 aromatic rings. The van der Waals surface area contributed by atoms with Crippen molar-refractivity contribution in [2.45, 2.75) is 59.7 Å². The van der Waals surface area contributed by atoms with Crippen LogP contribution in [0.25, 0.3) is 0 Å². The minimum Gasteiger partial charge on any atom is -0.463 e. The zero-order valence-corrected chi connectivity index (χ0v) is 12.8. The average molecular weight is 264 g/mol. The fourth-order valence-electron chi connectivity index (χ4n) is 2.79. The van der Waals surface area contributed by atoms with Crippen molar-refractivity contribution >= 4 is 0 Å². The number of furan rings is 1. The topological polar surface area (TPSA) is 28.4 Å². The molecule has 0 radical (unpaired) electrons. The summed E-state index contributed by atoms with van der Waals surface area (Å²) in [7, 11) is 0. The van der Waals surface area contributed by atoms with E-state index in [4.69, 9.17) is 4.42 Å². The molecule has 1 fully saturated rings. The van der Waals surface area contributed by atoms with E-state index < -0.39 is 0 Å². The van der Waals surface area contributed by atoms with Crippen LogP contribution in [-0.4, -0.2) is 24.0 Å². The Morgan fingerprint density at radius 1 is 1.47 bits per heavy atom. The van der Waals surface area contributed by atoms with Crippen LogP contribution in [0.2, 0.25) is 0 Å². The molecule has 0 amide bonds. The van der Waals surface area contributed by atoms with Gasteiger partial charge in [0.15, 0.2) is 0 Å². The highest BCUT2D eigenvalue weighted by atomic mass is 16.3. The summed E-state index contributed by atoms with van der Waals surface area (Å²) < 4.78 is 6.00. The lowest BCUT2D eigenvalue weighted by Crippen LogP contribution is -2.33. The van der Waals surface area contributed by atoms with Crippen molar-refractivity contribution in [3.05, 3.63) is 23.2 Å². The quantitative estimate of drug-likeness (QED) is 0.884. The van der Waals surface area contributed by atoms with Crippen molar-refractivity contribution in [2.75, 3.05) is 13.1 Å². The molecule has 1 atom stereocenters. The highest BCUT2D eigenvalue weighted by Gasteiger charge is 2.18. The molecule has 1 aliphatic rings. The first-order valence-corrected chi connectivity index (χ1v) is 7.58. The molecule has 1 saturated heterocycles. The van der Waals surface area contributed by atoms with Crippen LogP contribution in [0, 0.1) is 12.8 Å². The molecule has 1 N–H and O–H groups in total. The van der Waals surface area contributed by atoms with E-state index in [-0.39, 0.29) is 0 Å². The Bertz CT molecular complexity index is 397. The Morgan fingerprint density at radius 2 is 2.26 bits per heavy atom. The molecule has 108 valence electrons. The van der Waals surface area contributed by atoms with Crippen molar-refractivity contribution in [1.82, 2.24) is 10.2 Å². The predicted octanol–water partition coefficient (Wildman–Crippen LogP) is 3.32. The van der Waals surface area contributed by atoms with Gasteiger partial charge in [-0.25, -0.2) is 0 Å². The molecule has 0 saturated carbocycles. The number of hydrogen-bond acceptors (Lipinski definition) is 3. The third-order valence-corrected chi connectivity index (χ3v) is 3.86. The monoisotopic (exact) mass is 264 g/mol. The van der Waals surface area contributed by atoms with Gasteiger partial charge in [0.25, 0.3) is 0 Å². The van der Waals surface area contributed by atoms with Crippen LogP contribution >= 0.6 is 0 Å². The van der Waals surface area contributed by atoms with Gasteiger partial charge in [-0.15, -0.1) is 0 Å². The van der Waals surface area contributed by atoms with Crippen molar-refractivity contribution in [1.29, 1.82) is 0 Å². The van der Waals surface area contributed by atoms with Gasteiger partial charge in [-0.1, -0.05) is 20.8 Å². The van der Waals surface area contributed by atoms with Gasteiger partial charge in [0.2, 0.25) is 0 Å². The SMILES string of the molecule is Cc1cc(CN2CCCC(C)C2)oc1CNC(C)C. The summed E-state index contributed by atoms with van der Waals surface area (Å²) in [6.45, 7) is 13.0. The number of nitrogens with zero attached hydrogens (tertiary/aromatic N) is 1. The Balaban J connectivity index is 1.91. The number of hydrogen-bond donors (Lipinski definition) is 1. The maximum absolute atomic E-state index is 6.00. The lowest BCUT2D eigenvalue weighted by Gasteiger charge is -2.29. The van der Waals surface area contributed by atoms with Crippen LogP contribution < -0.4 is 5.32 Å². The van der Waals surface area contributed by atoms with E-state index in [0.29, 0.717) is 6.04 Å². The van der Waals surface area contributed by atoms with Crippen LogP contribution in [0.15, 0.2) is 10.5 Å². The van der Waals surface area contributed by atoms with Crippen molar-refractivity contribution in [3.63, 3.8) is 0 Å². The molecule has 1 aromatic heterocycles. The molecule has 2 rings (SSSR count). The highest BCUT2D eigenvalue weighted by Crippen LogP contribution is 2.21. The number of nitrogens with one attached hydrogen (secondary N) is 1. The highest BCUT2D eigenvalue weighted by molar-refractivity contribution is 5.20. The van der Waals surface area contributed by atoms with Gasteiger partial charge in [0.1, 0.15) is 11.5 Å². The van der Waals surface area contributed by atoms with Crippen LogP contribution in [0.1, 0.15) is 50.7 Å². The van der Waals surface area contributed by atoms with Crippen molar-refractivity contribution < 1.29 is 4.42 Å². The summed E-state index contributed by atoms with van der Waals surface area (Å²) in [4.78, 5) is 2.52. The van der Waals surface area contributed by atoms with Gasteiger partial charge in [-0.05, 0) is 43.9 Å². The number of likely N-dealkylation sites (tertiary alicyclic amines) is 1. The van der Waals surface area contributed by atoms with Crippen LogP contribution in [0.4, 0.5) is 0 Å². The molecule has 3 nitrogen and oxygen atoms in total. The van der Waals surface area contributed by atoms with Crippen LogP contribution in [0.5, 0.6) is 0 Å². The minimum absolute atomic E-state index is 0.496. The summed E-state index contributed by atoms with van der Waals surface area (Å²) >= 11 is 0. The molecular formula is C16H28N2O. The summed E-state index contributed by atoms with van der Waals surface area (Å²) in [6.07, 6.45) is 2.69. The molecular weight excluding hydrogens is 236 g/mol. The molecule has 19 heavy (non-hydrogen) atoms. The van der Waals surface area contributed by atoms with E-state index >= 15 is 0 Å². The smallest absolute Gasteiger partial charge is 0.120 e. The first-order chi connectivity index (χ1) is 9.04. The third kappa shape index (κ3) is 4.36. The van der Waals surface area contributed by atoms with E-state index in [1.165, 1.54) is 31.5 Å². The van der Waals surface area contributed by atoms with E-state index in [0.717, 1.165) is 30.5 Å². The molecule has 3 heteroatoms. The van der Waals surface area contributed by atoms with Gasteiger partial charge < -0.3 is 9.73 Å². The maximum Gasteiger partial charge on any atom is 0.120 e. The van der Waals surface area contributed by atoms with Gasteiger partial charge in [0.05, 0.1) is 13.1 Å². The summed E-state index contributed by atoms with van der Waals surface area (Å²) in [6, 6.07) is 2.70. The second kappa shape index (κ2) is 6.58. The summed E-state index contributed by atoms with van der Waals surface area (Å²) in [5, 5.41) is 3.42. The zero-order valence-electron chi connectivity index (χ0n) is 12.8. The molecule has 0 aromatic carbocycles. The first-order valence-electron chi connectivity index (χ1n) is 7.58. The summed E-state index contributed by atoms with van der Waals surface area (Å²) in [5.74, 6) is 3.04. The van der Waals surface area contributed by atoms with Crippen LogP contribution in [0.3, 0.4) is 0 Å². The largest absolute Gasteiger partial charge is 0.463 e. The Hall–Kier alpha value is -0.800. The van der Waals surface area contributed by atoms with Crippen molar-refractivity contribution in [3.8, 4) is 0 Å². The molecule has 1 aliphatic heterocycles. The number of rotatable bonds is 5. The predicted molar refractivity (Wildman–Crippen MR) is 79.1 cm³/mol. The minimum atomic E-state index is 0.496. The maximum atomic E-state index is 6.00. The Kier molecular flexibility index (Phi) is 5.06. The van der Waals surface area contributed by atoms with E-state index in [1.54, 1.807) is 0 Å². The van der Waals surface area contributed by atoms with Gasteiger partial charge in [-0.3, -0.25) is 4.90 Å². The van der Waals surface area contributed by atoms with Gasteiger partial charge >= 0.3 is 0 Å². The lowest BCUT2D eigenvalue weighted by atomic mass is 10.0. The normalized spacial score (nSPS) is 21.2. The molecule has 0 spiro atoms. The Morgan fingerprint density at radius 3 is 2.95 bits per heavy atom. The molecule has 1 unspecified atom stereocenters. The second-order valence-electron chi connectivity index (χ2n) is 6.34. The first kappa shape index (κ1) is 14.6. The van der Waals surface area contributed by atoms with Gasteiger partial charge in [0, 0.05) is 12.6 Å². The molecule has 0 bridgehead atoms. The van der Waals surface area contributed by atoms with E-state index in [2.05, 4.69) is 44.0 Å². The van der Waals surface area contributed by atoms with Gasteiger partial charge in [-0.2, -0.15) is 0 Å². The molecule has 0 aliphatic carbocycles. The summed E-state index contributed by atoms with van der Waals surface area (Å²) in [5.41, 5.74) is 1.27. The van der Waals surface area contributed by atoms with E-state index in [9.17, 15) is 0 Å². The number of piperidine rings is 1. The third-order valence-electron chi connectivity index (χ3n) is 3.86. The fraction of sp³-hybridized carbons (Fsp3) is 0.750.